The molecule has 0 aliphatic carbocycles. The second-order valence-electron chi connectivity index (χ2n) is 4.23. The molecule has 1 aromatic carbocycles. The van der Waals surface area contributed by atoms with Crippen molar-refractivity contribution in [3.8, 4) is 5.75 Å². The molecule has 1 aromatic heterocycles. The van der Waals surface area contributed by atoms with Crippen molar-refractivity contribution >= 4 is 28.2 Å². The van der Waals surface area contributed by atoms with Crippen molar-refractivity contribution in [2.45, 2.75) is 24.6 Å². The summed E-state index contributed by atoms with van der Waals surface area (Å²) in [6.07, 6.45) is 0.970. The lowest BCUT2D eigenvalue weighted by Crippen LogP contribution is -2.00. The van der Waals surface area contributed by atoms with Crippen LogP contribution in [0, 0.1) is 13.8 Å². The molecule has 2 rings (SSSR count). The van der Waals surface area contributed by atoms with E-state index in [1.54, 1.807) is 11.8 Å². The summed E-state index contributed by atoms with van der Waals surface area (Å²) in [6, 6.07) is 6.26. The number of benzene rings is 1. The molecule has 0 unspecified atom stereocenters. The van der Waals surface area contributed by atoms with Gasteiger partial charge in [0.1, 0.15) is 5.75 Å². The molecular weight excluding hydrogens is 278 g/mol. The van der Waals surface area contributed by atoms with Gasteiger partial charge >= 0.3 is 0 Å². The SMILES string of the molecule is Cc1ccc(C)c(OCCCSc2nnc(N)s2)c1. The van der Waals surface area contributed by atoms with Crippen LogP contribution in [0.1, 0.15) is 17.5 Å². The first kappa shape index (κ1) is 14.1. The average Bonchev–Trinajstić information content (AvgIpc) is 2.79. The molecule has 19 heavy (non-hydrogen) atoms. The fourth-order valence-corrected chi connectivity index (χ4v) is 3.16. The highest BCUT2D eigenvalue weighted by molar-refractivity contribution is 8.01. The number of nitrogen functional groups attached to an aromatic ring is 1. The maximum absolute atomic E-state index is 5.79. The first-order valence-corrected chi connectivity index (χ1v) is 7.87. The van der Waals surface area contributed by atoms with Crippen LogP contribution >= 0.6 is 23.1 Å². The van der Waals surface area contributed by atoms with E-state index >= 15 is 0 Å². The van der Waals surface area contributed by atoms with Crippen LogP contribution in [0.25, 0.3) is 0 Å². The topological polar surface area (TPSA) is 61.0 Å². The summed E-state index contributed by atoms with van der Waals surface area (Å²) < 4.78 is 6.71. The van der Waals surface area contributed by atoms with Crippen molar-refractivity contribution in [3.63, 3.8) is 0 Å². The highest BCUT2D eigenvalue weighted by Gasteiger charge is 2.02. The molecule has 0 bridgehead atoms. The molecule has 0 radical (unpaired) electrons. The number of hydrogen-bond acceptors (Lipinski definition) is 6. The Morgan fingerprint density at radius 1 is 1.32 bits per heavy atom. The van der Waals surface area contributed by atoms with Gasteiger partial charge in [0.15, 0.2) is 4.34 Å². The van der Waals surface area contributed by atoms with Crippen molar-refractivity contribution in [1.82, 2.24) is 10.2 Å². The highest BCUT2D eigenvalue weighted by atomic mass is 32.2. The zero-order valence-electron chi connectivity index (χ0n) is 11.0. The van der Waals surface area contributed by atoms with E-state index in [4.69, 9.17) is 10.5 Å². The standard InChI is InChI=1S/C13H17N3OS2/c1-9-4-5-10(2)11(8-9)17-6-3-7-18-13-16-15-12(14)19-13/h4-5,8H,3,6-7H2,1-2H3,(H2,14,15). The summed E-state index contributed by atoms with van der Waals surface area (Å²) in [5, 5.41) is 8.26. The van der Waals surface area contributed by atoms with E-state index in [0.29, 0.717) is 11.7 Å². The fourth-order valence-electron chi connectivity index (χ4n) is 1.54. The highest BCUT2D eigenvalue weighted by Crippen LogP contribution is 2.24. The summed E-state index contributed by atoms with van der Waals surface area (Å²) in [6.45, 7) is 4.85. The minimum Gasteiger partial charge on any atom is -0.493 e. The van der Waals surface area contributed by atoms with Gasteiger partial charge in [0.25, 0.3) is 0 Å². The van der Waals surface area contributed by atoms with Crippen molar-refractivity contribution in [2.24, 2.45) is 0 Å². The third-order valence-corrected chi connectivity index (χ3v) is 4.51. The molecule has 0 saturated carbocycles. The molecule has 0 amide bonds. The molecule has 2 N–H and O–H groups in total. The minimum atomic E-state index is 0.522. The Morgan fingerprint density at radius 2 is 2.16 bits per heavy atom. The van der Waals surface area contributed by atoms with Gasteiger partial charge in [-0.25, -0.2) is 0 Å². The zero-order chi connectivity index (χ0) is 13.7. The van der Waals surface area contributed by atoms with Gasteiger partial charge in [-0.1, -0.05) is 35.2 Å². The average molecular weight is 295 g/mol. The molecule has 1 heterocycles. The predicted octanol–water partition coefficient (Wildman–Crippen LogP) is 3.30. The number of hydrogen-bond donors (Lipinski definition) is 1. The molecule has 6 heteroatoms. The number of rotatable bonds is 6. The van der Waals surface area contributed by atoms with E-state index in [1.807, 2.05) is 0 Å². The number of aryl methyl sites for hydroxylation is 2. The molecule has 0 aliphatic rings. The summed E-state index contributed by atoms with van der Waals surface area (Å²) in [5.74, 6) is 1.93. The summed E-state index contributed by atoms with van der Waals surface area (Å²) in [4.78, 5) is 0. The fraction of sp³-hybridized carbons (Fsp3) is 0.385. The Balaban J connectivity index is 1.70. The van der Waals surface area contributed by atoms with E-state index in [9.17, 15) is 0 Å². The van der Waals surface area contributed by atoms with E-state index < -0.39 is 0 Å². The third-order valence-electron chi connectivity index (χ3n) is 2.54. The third kappa shape index (κ3) is 4.40. The minimum absolute atomic E-state index is 0.522. The Hall–Kier alpha value is -1.27. The molecule has 0 fully saturated rings. The van der Waals surface area contributed by atoms with Gasteiger partial charge in [0, 0.05) is 5.75 Å². The van der Waals surface area contributed by atoms with Crippen molar-refractivity contribution in [2.75, 3.05) is 18.1 Å². The molecular formula is C13H17N3OS2. The number of ether oxygens (including phenoxy) is 1. The van der Waals surface area contributed by atoms with Gasteiger partial charge in [-0.3, -0.25) is 0 Å². The number of nitrogens with zero attached hydrogens (tertiary/aromatic N) is 2. The summed E-state index contributed by atoms with van der Waals surface area (Å²) >= 11 is 3.09. The number of anilines is 1. The zero-order valence-corrected chi connectivity index (χ0v) is 12.7. The van der Waals surface area contributed by atoms with Crippen LogP contribution < -0.4 is 10.5 Å². The smallest absolute Gasteiger partial charge is 0.203 e. The van der Waals surface area contributed by atoms with Crippen LogP contribution in [0.3, 0.4) is 0 Å². The Bertz CT molecular complexity index is 542. The Kier molecular flexibility index (Phi) is 5.04. The van der Waals surface area contributed by atoms with Crippen LogP contribution in [-0.2, 0) is 0 Å². The van der Waals surface area contributed by atoms with Gasteiger partial charge in [0.2, 0.25) is 5.13 Å². The normalized spacial score (nSPS) is 10.6. The largest absolute Gasteiger partial charge is 0.493 e. The van der Waals surface area contributed by atoms with Crippen LogP contribution in [0.4, 0.5) is 5.13 Å². The van der Waals surface area contributed by atoms with Gasteiger partial charge in [0.05, 0.1) is 6.61 Å². The Labute approximate surface area is 121 Å². The maximum atomic E-state index is 5.79. The predicted molar refractivity (Wildman–Crippen MR) is 81.1 cm³/mol. The van der Waals surface area contributed by atoms with Gasteiger partial charge in [-0.05, 0) is 37.5 Å². The lowest BCUT2D eigenvalue weighted by atomic mass is 10.1. The first-order chi connectivity index (χ1) is 9.15. The van der Waals surface area contributed by atoms with Crippen LogP contribution in [-0.4, -0.2) is 22.6 Å². The molecule has 102 valence electrons. The Morgan fingerprint density at radius 3 is 2.89 bits per heavy atom. The van der Waals surface area contributed by atoms with Crippen LogP contribution in [0.5, 0.6) is 5.75 Å². The molecule has 0 saturated heterocycles. The second kappa shape index (κ2) is 6.77. The monoisotopic (exact) mass is 295 g/mol. The molecule has 0 atom stereocenters. The quantitative estimate of drug-likeness (QED) is 0.654. The van der Waals surface area contributed by atoms with Crippen LogP contribution in [0.15, 0.2) is 22.5 Å². The van der Waals surface area contributed by atoms with Gasteiger partial charge < -0.3 is 10.5 Å². The van der Waals surface area contributed by atoms with Gasteiger partial charge in [-0.2, -0.15) is 0 Å². The maximum Gasteiger partial charge on any atom is 0.203 e. The first-order valence-electron chi connectivity index (χ1n) is 6.07. The lowest BCUT2D eigenvalue weighted by Gasteiger charge is -2.09. The summed E-state index contributed by atoms with van der Waals surface area (Å²) in [7, 11) is 0. The molecule has 2 aromatic rings. The van der Waals surface area contributed by atoms with Crippen molar-refractivity contribution in [1.29, 1.82) is 0 Å². The molecule has 0 spiro atoms. The lowest BCUT2D eigenvalue weighted by molar-refractivity contribution is 0.316. The molecule has 0 aliphatic heterocycles. The molecule has 4 nitrogen and oxygen atoms in total. The second-order valence-corrected chi connectivity index (χ2v) is 6.58. The van der Waals surface area contributed by atoms with Gasteiger partial charge in [-0.15, -0.1) is 10.2 Å². The number of nitrogens with two attached hydrogens (primary N) is 1. The van der Waals surface area contributed by atoms with Crippen molar-refractivity contribution in [3.05, 3.63) is 29.3 Å². The summed E-state index contributed by atoms with van der Waals surface area (Å²) in [5.41, 5.74) is 7.92. The van der Waals surface area contributed by atoms with E-state index in [1.165, 1.54) is 22.5 Å². The van der Waals surface area contributed by atoms with E-state index in [-0.39, 0.29) is 0 Å². The van der Waals surface area contributed by atoms with Crippen LogP contribution in [0.2, 0.25) is 0 Å². The van der Waals surface area contributed by atoms with E-state index in [2.05, 4.69) is 42.2 Å². The van der Waals surface area contributed by atoms with E-state index in [0.717, 1.165) is 22.3 Å². The van der Waals surface area contributed by atoms with Crippen molar-refractivity contribution < 1.29 is 4.74 Å². The number of aromatic nitrogens is 2. The number of thioether (sulfide) groups is 1.